The molecule has 1 heterocycles. The van der Waals surface area contributed by atoms with Crippen molar-refractivity contribution in [2.24, 2.45) is 0 Å². The Bertz CT molecular complexity index is 827. The monoisotopic (exact) mass is 344 g/mol. The van der Waals surface area contributed by atoms with Crippen LogP contribution in [0, 0.1) is 18.2 Å². The molecular weight excluding hydrogens is 323 g/mol. The van der Waals surface area contributed by atoms with Crippen LogP contribution in [0.15, 0.2) is 24.4 Å². The first-order valence-electron chi connectivity index (χ1n) is 7.95. The summed E-state index contributed by atoms with van der Waals surface area (Å²) in [5.74, 6) is 1.39. The minimum atomic E-state index is -0.887. The third kappa shape index (κ3) is 4.46. The molecule has 132 valence electrons. The molecule has 0 spiro atoms. The smallest absolute Gasteiger partial charge is 0.261 e. The summed E-state index contributed by atoms with van der Waals surface area (Å²) in [6, 6.07) is 4.42. The van der Waals surface area contributed by atoms with E-state index in [-0.39, 0.29) is 12.4 Å². The number of aliphatic hydroxyl groups excluding tert-OH is 1. The van der Waals surface area contributed by atoms with Crippen LogP contribution in [0.2, 0.25) is 0 Å². The van der Waals surface area contributed by atoms with E-state index in [0.29, 0.717) is 22.9 Å². The maximum Gasteiger partial charge on any atom is 0.261 e. The van der Waals surface area contributed by atoms with Crippen LogP contribution in [-0.4, -0.2) is 34.2 Å². The summed E-state index contributed by atoms with van der Waals surface area (Å²) in [5.41, 5.74) is 0.226. The first kappa shape index (κ1) is 18.7. The molecule has 1 aromatic heterocycles. The first-order chi connectivity index (χ1) is 11.8. The molecule has 1 unspecified atom stereocenters. The van der Waals surface area contributed by atoms with Crippen LogP contribution in [0.5, 0.6) is 5.75 Å². The topological polar surface area (TPSA) is 71.5 Å². The Hall–Kier alpha value is -2.65. The SMILES string of the molecule is C#Cc1cnc2cc(F)c(OC(CC)C(=O)NC(C)(C)CO)cc2c1. The van der Waals surface area contributed by atoms with E-state index in [1.807, 2.05) is 0 Å². The molecule has 1 amide bonds. The zero-order valence-corrected chi connectivity index (χ0v) is 14.5. The van der Waals surface area contributed by atoms with Crippen molar-refractivity contribution in [2.75, 3.05) is 6.61 Å². The summed E-state index contributed by atoms with van der Waals surface area (Å²) < 4.78 is 19.9. The predicted octanol–water partition coefficient (Wildman–Crippen LogP) is 2.40. The largest absolute Gasteiger partial charge is 0.478 e. The number of amides is 1. The number of hydrogen-bond donors (Lipinski definition) is 2. The van der Waals surface area contributed by atoms with Crippen molar-refractivity contribution in [2.45, 2.75) is 38.8 Å². The van der Waals surface area contributed by atoms with Gasteiger partial charge in [-0.15, -0.1) is 6.42 Å². The number of carbonyl (C=O) groups is 1. The number of fused-ring (bicyclic) bond motifs is 1. The molecule has 0 fully saturated rings. The zero-order valence-electron chi connectivity index (χ0n) is 14.5. The summed E-state index contributed by atoms with van der Waals surface area (Å²) in [7, 11) is 0. The van der Waals surface area contributed by atoms with Crippen molar-refractivity contribution in [3.8, 4) is 18.1 Å². The summed E-state index contributed by atoms with van der Waals surface area (Å²) in [6.45, 7) is 4.90. The predicted molar refractivity (Wildman–Crippen MR) is 93.7 cm³/mol. The van der Waals surface area contributed by atoms with Crippen LogP contribution in [0.4, 0.5) is 4.39 Å². The number of halogens is 1. The molecule has 2 aromatic rings. The van der Waals surface area contributed by atoms with E-state index >= 15 is 0 Å². The number of rotatable bonds is 6. The number of nitrogens with one attached hydrogen (secondary N) is 1. The molecule has 0 saturated carbocycles. The molecule has 0 bridgehead atoms. The third-order valence-corrected chi connectivity index (χ3v) is 3.69. The Labute approximate surface area is 146 Å². The molecule has 2 rings (SSSR count). The van der Waals surface area contributed by atoms with Gasteiger partial charge in [-0.05, 0) is 32.4 Å². The highest BCUT2D eigenvalue weighted by Gasteiger charge is 2.26. The van der Waals surface area contributed by atoms with Gasteiger partial charge in [-0.2, -0.15) is 0 Å². The molecule has 0 aliphatic carbocycles. The molecule has 2 N–H and O–H groups in total. The first-order valence-corrected chi connectivity index (χ1v) is 7.95. The van der Waals surface area contributed by atoms with E-state index in [1.54, 1.807) is 26.8 Å². The lowest BCUT2D eigenvalue weighted by Gasteiger charge is -2.26. The van der Waals surface area contributed by atoms with Crippen LogP contribution in [0.1, 0.15) is 32.8 Å². The van der Waals surface area contributed by atoms with E-state index in [2.05, 4.69) is 16.2 Å². The average Bonchev–Trinajstić information content (AvgIpc) is 2.58. The van der Waals surface area contributed by atoms with Gasteiger partial charge >= 0.3 is 0 Å². The summed E-state index contributed by atoms with van der Waals surface area (Å²) in [5, 5.41) is 12.6. The van der Waals surface area contributed by atoms with Gasteiger partial charge in [0.25, 0.3) is 5.91 Å². The van der Waals surface area contributed by atoms with Gasteiger partial charge < -0.3 is 15.2 Å². The van der Waals surface area contributed by atoms with Crippen LogP contribution < -0.4 is 10.1 Å². The average molecular weight is 344 g/mol. The fourth-order valence-corrected chi connectivity index (χ4v) is 2.23. The molecule has 1 atom stereocenters. The Morgan fingerprint density at radius 1 is 1.48 bits per heavy atom. The van der Waals surface area contributed by atoms with Crippen molar-refractivity contribution in [3.05, 3.63) is 35.8 Å². The molecule has 0 saturated heterocycles. The van der Waals surface area contributed by atoms with Gasteiger partial charge in [0.1, 0.15) is 0 Å². The van der Waals surface area contributed by atoms with E-state index in [4.69, 9.17) is 11.2 Å². The van der Waals surface area contributed by atoms with Crippen LogP contribution in [-0.2, 0) is 4.79 Å². The second-order valence-corrected chi connectivity index (χ2v) is 6.39. The van der Waals surface area contributed by atoms with Crippen molar-refractivity contribution in [3.63, 3.8) is 0 Å². The maximum absolute atomic E-state index is 14.3. The van der Waals surface area contributed by atoms with Crippen molar-refractivity contribution in [1.29, 1.82) is 0 Å². The molecular formula is C19H21FN2O3. The lowest BCUT2D eigenvalue weighted by Crippen LogP contribution is -2.51. The van der Waals surface area contributed by atoms with Crippen LogP contribution >= 0.6 is 0 Å². The van der Waals surface area contributed by atoms with Crippen molar-refractivity contribution < 1.29 is 19.0 Å². The summed E-state index contributed by atoms with van der Waals surface area (Å²) >= 11 is 0. The Balaban J connectivity index is 2.29. The lowest BCUT2D eigenvalue weighted by atomic mass is 10.1. The van der Waals surface area contributed by atoms with E-state index in [0.717, 1.165) is 0 Å². The normalized spacial score (nSPS) is 12.5. The Morgan fingerprint density at radius 2 is 2.20 bits per heavy atom. The molecule has 5 nitrogen and oxygen atoms in total. The number of nitrogens with zero attached hydrogens (tertiary/aromatic N) is 1. The highest BCUT2D eigenvalue weighted by atomic mass is 19.1. The number of terminal acetylenes is 1. The van der Waals surface area contributed by atoms with E-state index in [1.165, 1.54) is 18.3 Å². The fourth-order valence-electron chi connectivity index (χ4n) is 2.23. The number of aromatic nitrogens is 1. The third-order valence-electron chi connectivity index (χ3n) is 3.69. The van der Waals surface area contributed by atoms with Gasteiger partial charge in [-0.1, -0.05) is 12.8 Å². The Kier molecular flexibility index (Phi) is 5.60. The van der Waals surface area contributed by atoms with Crippen LogP contribution in [0.3, 0.4) is 0 Å². The molecule has 0 radical (unpaired) electrons. The molecule has 25 heavy (non-hydrogen) atoms. The maximum atomic E-state index is 14.3. The summed E-state index contributed by atoms with van der Waals surface area (Å²) in [6.07, 6.45) is 6.29. The minimum absolute atomic E-state index is 0.0488. The van der Waals surface area contributed by atoms with E-state index < -0.39 is 23.4 Å². The molecule has 6 heteroatoms. The van der Waals surface area contributed by atoms with E-state index in [9.17, 15) is 14.3 Å². The number of hydrogen-bond acceptors (Lipinski definition) is 4. The standard InChI is InChI=1S/C19H21FN2O3/c1-5-12-7-13-8-17(14(20)9-15(13)21-10-12)25-16(6-2)18(24)22-19(3,4)11-23/h1,7-10,16,23H,6,11H2,2-4H3,(H,22,24). The van der Waals surface area contributed by atoms with Gasteiger partial charge in [-0.3, -0.25) is 9.78 Å². The highest BCUT2D eigenvalue weighted by Crippen LogP contribution is 2.26. The van der Waals surface area contributed by atoms with Gasteiger partial charge in [0.2, 0.25) is 0 Å². The molecule has 0 aliphatic rings. The summed E-state index contributed by atoms with van der Waals surface area (Å²) in [4.78, 5) is 16.4. The van der Waals surface area contributed by atoms with Crippen molar-refractivity contribution >= 4 is 16.8 Å². The fraction of sp³-hybridized carbons (Fsp3) is 0.368. The number of pyridine rings is 1. The number of aliphatic hydroxyl groups is 1. The number of benzene rings is 1. The molecule has 0 aliphatic heterocycles. The molecule has 1 aromatic carbocycles. The second kappa shape index (κ2) is 7.49. The van der Waals surface area contributed by atoms with Gasteiger partial charge in [-0.25, -0.2) is 4.39 Å². The lowest BCUT2D eigenvalue weighted by molar-refractivity contribution is -0.130. The highest BCUT2D eigenvalue weighted by molar-refractivity contribution is 5.83. The Morgan fingerprint density at radius 3 is 2.80 bits per heavy atom. The van der Waals surface area contributed by atoms with Gasteiger partial charge in [0, 0.05) is 23.2 Å². The van der Waals surface area contributed by atoms with Crippen molar-refractivity contribution in [1.82, 2.24) is 10.3 Å². The second-order valence-electron chi connectivity index (χ2n) is 6.39. The number of carbonyl (C=O) groups excluding carboxylic acids is 1. The zero-order chi connectivity index (χ0) is 18.6. The quantitative estimate of drug-likeness (QED) is 0.790. The number of ether oxygens (including phenoxy) is 1. The van der Waals surface area contributed by atoms with Gasteiger partial charge in [0.15, 0.2) is 17.7 Å². The van der Waals surface area contributed by atoms with Gasteiger partial charge in [0.05, 0.1) is 17.7 Å². The minimum Gasteiger partial charge on any atom is -0.478 e. The van der Waals surface area contributed by atoms with Crippen LogP contribution in [0.25, 0.3) is 10.9 Å².